The molecule has 2 rings (SSSR count). The van der Waals surface area contributed by atoms with Crippen molar-refractivity contribution in [2.24, 2.45) is 11.8 Å². The van der Waals surface area contributed by atoms with Crippen molar-refractivity contribution in [3.05, 3.63) is 33.5 Å². The van der Waals surface area contributed by atoms with Crippen molar-refractivity contribution in [1.29, 1.82) is 0 Å². The molecule has 0 amide bonds. The summed E-state index contributed by atoms with van der Waals surface area (Å²) in [4.78, 5) is 4.67. The number of nitrogens with one attached hydrogen (secondary N) is 1. The highest BCUT2D eigenvalue weighted by Crippen LogP contribution is 2.25. The van der Waals surface area contributed by atoms with E-state index in [2.05, 4.69) is 59.0 Å². The minimum atomic E-state index is 0.592. The lowest BCUT2D eigenvalue weighted by atomic mass is 10.1. The SMILES string of the molecule is CC(C)Cc1cc(NN)c2cc(I)ccc2n1. The Hall–Kier alpha value is -0.880. The molecule has 0 aliphatic rings. The molecule has 0 saturated heterocycles. The molecule has 2 aromatic rings. The number of hydrogen-bond donors (Lipinski definition) is 2. The molecule has 17 heavy (non-hydrogen) atoms. The summed E-state index contributed by atoms with van der Waals surface area (Å²) in [7, 11) is 0. The Kier molecular flexibility index (Phi) is 3.83. The fourth-order valence-corrected chi connectivity index (χ4v) is 2.39. The molecule has 0 saturated carbocycles. The zero-order valence-corrected chi connectivity index (χ0v) is 12.2. The van der Waals surface area contributed by atoms with Crippen LogP contribution < -0.4 is 11.3 Å². The molecule has 3 nitrogen and oxygen atoms in total. The number of nitrogens with two attached hydrogens (primary N) is 1. The summed E-state index contributed by atoms with van der Waals surface area (Å²) in [6.45, 7) is 4.38. The highest BCUT2D eigenvalue weighted by molar-refractivity contribution is 14.1. The van der Waals surface area contributed by atoms with Crippen LogP contribution >= 0.6 is 22.6 Å². The molecule has 1 aromatic heterocycles. The van der Waals surface area contributed by atoms with Crippen molar-refractivity contribution >= 4 is 39.2 Å². The topological polar surface area (TPSA) is 50.9 Å². The molecule has 0 bridgehead atoms. The number of hydrogen-bond acceptors (Lipinski definition) is 3. The van der Waals surface area contributed by atoms with Gasteiger partial charge in [0.25, 0.3) is 0 Å². The van der Waals surface area contributed by atoms with Crippen molar-refractivity contribution in [2.45, 2.75) is 20.3 Å². The van der Waals surface area contributed by atoms with Gasteiger partial charge in [0, 0.05) is 14.7 Å². The van der Waals surface area contributed by atoms with Gasteiger partial charge in [-0.25, -0.2) is 0 Å². The van der Waals surface area contributed by atoms with E-state index < -0.39 is 0 Å². The van der Waals surface area contributed by atoms with Crippen LogP contribution in [-0.2, 0) is 6.42 Å². The first-order valence-corrected chi connectivity index (χ1v) is 6.74. The number of halogens is 1. The third-order valence-corrected chi connectivity index (χ3v) is 3.27. The van der Waals surface area contributed by atoms with Crippen LogP contribution in [0.25, 0.3) is 10.9 Å². The first kappa shape index (κ1) is 12.6. The molecule has 0 aliphatic heterocycles. The van der Waals surface area contributed by atoms with E-state index >= 15 is 0 Å². The van der Waals surface area contributed by atoms with E-state index in [1.165, 1.54) is 3.57 Å². The second-order valence-electron chi connectivity index (χ2n) is 4.56. The highest BCUT2D eigenvalue weighted by Gasteiger charge is 2.07. The fourth-order valence-electron chi connectivity index (χ4n) is 1.90. The van der Waals surface area contributed by atoms with Crippen molar-refractivity contribution in [2.75, 3.05) is 5.43 Å². The molecule has 0 unspecified atom stereocenters. The van der Waals surface area contributed by atoms with E-state index in [1.54, 1.807) is 0 Å². The number of fused-ring (bicyclic) bond motifs is 1. The van der Waals surface area contributed by atoms with E-state index in [4.69, 9.17) is 5.84 Å². The molecule has 0 aliphatic carbocycles. The maximum atomic E-state index is 5.59. The standard InChI is InChI=1S/C13H16IN3/c1-8(2)5-10-7-13(17-15)11-6-9(14)3-4-12(11)16-10/h3-4,6-8H,5,15H2,1-2H3,(H,16,17). The van der Waals surface area contributed by atoms with Crippen molar-refractivity contribution in [1.82, 2.24) is 4.98 Å². The Balaban J connectivity index is 2.58. The van der Waals surface area contributed by atoms with Crippen LogP contribution in [0.5, 0.6) is 0 Å². The second kappa shape index (κ2) is 5.18. The largest absolute Gasteiger partial charge is 0.323 e. The van der Waals surface area contributed by atoms with E-state index in [-0.39, 0.29) is 0 Å². The van der Waals surface area contributed by atoms with Gasteiger partial charge in [-0.3, -0.25) is 10.8 Å². The van der Waals surface area contributed by atoms with Crippen molar-refractivity contribution < 1.29 is 0 Å². The first-order chi connectivity index (χ1) is 8.10. The number of aromatic nitrogens is 1. The van der Waals surface area contributed by atoms with Gasteiger partial charge in [0.15, 0.2) is 0 Å². The van der Waals surface area contributed by atoms with Crippen LogP contribution in [0.3, 0.4) is 0 Å². The number of rotatable bonds is 3. The van der Waals surface area contributed by atoms with Gasteiger partial charge in [0.05, 0.1) is 11.2 Å². The van der Waals surface area contributed by atoms with Crippen molar-refractivity contribution in [3.63, 3.8) is 0 Å². The van der Waals surface area contributed by atoms with Gasteiger partial charge < -0.3 is 5.43 Å². The van der Waals surface area contributed by atoms with Gasteiger partial charge in [-0.05, 0) is 59.2 Å². The van der Waals surface area contributed by atoms with E-state index in [0.29, 0.717) is 5.92 Å². The molecular formula is C13H16IN3. The quantitative estimate of drug-likeness (QED) is 0.512. The number of pyridine rings is 1. The molecule has 1 heterocycles. The molecule has 90 valence electrons. The monoisotopic (exact) mass is 341 g/mol. The molecule has 0 atom stereocenters. The normalized spacial score (nSPS) is 11.1. The molecule has 3 N–H and O–H groups in total. The average Bonchev–Trinajstić information content (AvgIpc) is 2.27. The number of anilines is 1. The lowest BCUT2D eigenvalue weighted by Gasteiger charge is -2.10. The summed E-state index contributed by atoms with van der Waals surface area (Å²) in [5, 5.41) is 1.08. The van der Waals surface area contributed by atoms with Crippen LogP contribution in [0.2, 0.25) is 0 Å². The third kappa shape index (κ3) is 2.87. The van der Waals surface area contributed by atoms with Gasteiger partial charge in [-0.2, -0.15) is 0 Å². The van der Waals surface area contributed by atoms with Crippen LogP contribution in [0.4, 0.5) is 5.69 Å². The summed E-state index contributed by atoms with van der Waals surface area (Å²) in [6.07, 6.45) is 0.969. The number of benzene rings is 1. The number of nitrogen functional groups attached to an aromatic ring is 1. The van der Waals surface area contributed by atoms with E-state index in [1.807, 2.05) is 12.1 Å². The fraction of sp³-hybridized carbons (Fsp3) is 0.308. The smallest absolute Gasteiger partial charge is 0.0727 e. The lowest BCUT2D eigenvalue weighted by Crippen LogP contribution is -2.09. The van der Waals surface area contributed by atoms with Gasteiger partial charge >= 0.3 is 0 Å². The zero-order valence-electron chi connectivity index (χ0n) is 10.00. The summed E-state index contributed by atoms with van der Waals surface area (Å²) >= 11 is 2.29. The minimum absolute atomic E-state index is 0.592. The third-order valence-electron chi connectivity index (χ3n) is 2.60. The molecule has 0 spiro atoms. The molecule has 0 radical (unpaired) electrons. The molecule has 0 fully saturated rings. The zero-order chi connectivity index (χ0) is 12.4. The number of nitrogens with zero attached hydrogens (tertiary/aromatic N) is 1. The number of hydrazine groups is 1. The Bertz CT molecular complexity index is 537. The van der Waals surface area contributed by atoms with Crippen LogP contribution in [0, 0.1) is 9.49 Å². The van der Waals surface area contributed by atoms with E-state index in [0.717, 1.165) is 28.7 Å². The Labute approximate surface area is 115 Å². The average molecular weight is 341 g/mol. The highest BCUT2D eigenvalue weighted by atomic mass is 127. The van der Waals surface area contributed by atoms with Gasteiger partial charge in [0.2, 0.25) is 0 Å². The van der Waals surface area contributed by atoms with Crippen LogP contribution in [-0.4, -0.2) is 4.98 Å². The maximum Gasteiger partial charge on any atom is 0.0727 e. The predicted molar refractivity (Wildman–Crippen MR) is 80.8 cm³/mol. The maximum absolute atomic E-state index is 5.59. The first-order valence-electron chi connectivity index (χ1n) is 5.66. The molecular weight excluding hydrogens is 325 g/mol. The van der Waals surface area contributed by atoms with Gasteiger partial charge in [0.1, 0.15) is 0 Å². The van der Waals surface area contributed by atoms with Gasteiger partial charge in [-0.1, -0.05) is 13.8 Å². The van der Waals surface area contributed by atoms with Gasteiger partial charge in [-0.15, -0.1) is 0 Å². The summed E-state index contributed by atoms with van der Waals surface area (Å²) in [6, 6.07) is 8.24. The second-order valence-corrected chi connectivity index (χ2v) is 5.81. The minimum Gasteiger partial charge on any atom is -0.323 e. The van der Waals surface area contributed by atoms with E-state index in [9.17, 15) is 0 Å². The predicted octanol–water partition coefficient (Wildman–Crippen LogP) is 3.32. The summed E-state index contributed by atoms with van der Waals surface area (Å²) in [5.74, 6) is 6.18. The summed E-state index contributed by atoms with van der Waals surface area (Å²) < 4.78 is 1.19. The molecule has 1 aromatic carbocycles. The summed E-state index contributed by atoms with van der Waals surface area (Å²) in [5.41, 5.74) is 5.80. The van der Waals surface area contributed by atoms with Crippen molar-refractivity contribution in [3.8, 4) is 0 Å². The molecule has 4 heteroatoms. The van der Waals surface area contributed by atoms with Crippen LogP contribution in [0.1, 0.15) is 19.5 Å². The Morgan fingerprint density at radius 3 is 2.76 bits per heavy atom. The Morgan fingerprint density at radius 2 is 2.12 bits per heavy atom. The van der Waals surface area contributed by atoms with Crippen LogP contribution in [0.15, 0.2) is 24.3 Å². The lowest BCUT2D eigenvalue weighted by molar-refractivity contribution is 0.637. The Morgan fingerprint density at radius 1 is 1.35 bits per heavy atom.